The van der Waals surface area contributed by atoms with E-state index in [2.05, 4.69) is 15.3 Å². The van der Waals surface area contributed by atoms with E-state index < -0.39 is 34.9 Å². The number of hydrogen-bond acceptors (Lipinski definition) is 5. The molecule has 0 saturated carbocycles. The van der Waals surface area contributed by atoms with E-state index in [1.54, 1.807) is 4.90 Å². The molecule has 0 spiro atoms. The highest BCUT2D eigenvalue weighted by atomic mass is 19.2. The maximum atomic E-state index is 14.6. The number of nitrogens with zero attached hydrogens (tertiary/aromatic N) is 4. The molecule has 1 unspecified atom stereocenters. The number of aromatic nitrogens is 2. The van der Waals surface area contributed by atoms with Crippen LogP contribution in [0.3, 0.4) is 0 Å². The minimum atomic E-state index is -1.32. The van der Waals surface area contributed by atoms with Gasteiger partial charge < -0.3 is 19.9 Å². The Kier molecular flexibility index (Phi) is 7.16. The molecule has 8 nitrogen and oxygen atoms in total. The fraction of sp³-hybridized carbons (Fsp3) is 0.560. The first-order valence-corrected chi connectivity index (χ1v) is 12.0. The third kappa shape index (κ3) is 4.99. The van der Waals surface area contributed by atoms with Gasteiger partial charge in [-0.25, -0.2) is 18.0 Å². The van der Waals surface area contributed by atoms with E-state index in [1.807, 2.05) is 34.9 Å². The third-order valence-electron chi connectivity index (χ3n) is 6.86. The highest BCUT2D eigenvalue weighted by Crippen LogP contribution is 2.32. The number of nitrogens with one attached hydrogen (secondary N) is 1. The average molecular weight is 508 g/mol. The molecule has 36 heavy (non-hydrogen) atoms. The molecule has 4 rings (SSSR count). The van der Waals surface area contributed by atoms with Crippen LogP contribution in [0, 0.1) is 22.9 Å². The van der Waals surface area contributed by atoms with Crippen molar-refractivity contribution in [1.82, 2.24) is 24.9 Å². The lowest BCUT2D eigenvalue weighted by Gasteiger charge is -2.33. The molecule has 0 aliphatic carbocycles. The molecule has 196 valence electrons. The number of carbonyl (C=O) groups excluding carboxylic acids is 2. The van der Waals surface area contributed by atoms with Crippen molar-refractivity contribution in [2.75, 3.05) is 33.8 Å². The van der Waals surface area contributed by atoms with E-state index in [4.69, 9.17) is 4.74 Å². The van der Waals surface area contributed by atoms with Gasteiger partial charge in [-0.3, -0.25) is 4.79 Å². The van der Waals surface area contributed by atoms with Gasteiger partial charge in [0.05, 0.1) is 18.9 Å². The summed E-state index contributed by atoms with van der Waals surface area (Å²) in [6, 6.07) is -0.0734. The standard InChI is InChI=1S/C25H32F3N5O3/c1-25(2,3)22(23(34)32-8-6-14(12-32)31(4)5)29-24(35)33-20-7-9-36-13-16(20)21(30-33)15-10-18(27)19(28)11-17(15)26/h10-11,14,22H,6-9,12-13H2,1-5H3,(H,29,35)/t14?,22-/m1/s1. The third-order valence-corrected chi connectivity index (χ3v) is 6.86. The first kappa shape index (κ1) is 26.2. The number of fused-ring (bicyclic) bond motifs is 1. The maximum absolute atomic E-state index is 14.6. The quantitative estimate of drug-likeness (QED) is 0.644. The second kappa shape index (κ2) is 9.85. The summed E-state index contributed by atoms with van der Waals surface area (Å²) in [5.74, 6) is -3.73. The first-order chi connectivity index (χ1) is 16.9. The van der Waals surface area contributed by atoms with Crippen molar-refractivity contribution in [2.45, 2.75) is 52.3 Å². The van der Waals surface area contributed by atoms with Crippen molar-refractivity contribution in [3.8, 4) is 11.3 Å². The van der Waals surface area contributed by atoms with E-state index in [-0.39, 0.29) is 29.8 Å². The molecule has 1 N–H and O–H groups in total. The minimum Gasteiger partial charge on any atom is -0.376 e. The van der Waals surface area contributed by atoms with Crippen LogP contribution in [0.5, 0.6) is 0 Å². The van der Waals surface area contributed by atoms with E-state index in [0.29, 0.717) is 43.4 Å². The summed E-state index contributed by atoms with van der Waals surface area (Å²) >= 11 is 0. The Hall–Kier alpha value is -2.92. The zero-order chi connectivity index (χ0) is 26.4. The molecule has 11 heteroatoms. The number of benzene rings is 1. The highest BCUT2D eigenvalue weighted by molar-refractivity contribution is 5.89. The summed E-state index contributed by atoms with van der Waals surface area (Å²) in [5.41, 5.74) is 0.0368. The summed E-state index contributed by atoms with van der Waals surface area (Å²) in [4.78, 5) is 30.8. The van der Waals surface area contributed by atoms with E-state index in [0.717, 1.165) is 17.2 Å². The Balaban J connectivity index is 1.66. The number of rotatable bonds is 4. The molecule has 1 aromatic carbocycles. The van der Waals surface area contributed by atoms with Gasteiger partial charge in [0.25, 0.3) is 0 Å². The Morgan fingerprint density at radius 3 is 2.50 bits per heavy atom. The van der Waals surface area contributed by atoms with Crippen LogP contribution in [0.25, 0.3) is 11.3 Å². The topological polar surface area (TPSA) is 79.7 Å². The number of hydrogen-bond donors (Lipinski definition) is 1. The van der Waals surface area contributed by atoms with Gasteiger partial charge in [-0.05, 0) is 32.0 Å². The van der Waals surface area contributed by atoms with Gasteiger partial charge in [0.1, 0.15) is 17.6 Å². The lowest BCUT2D eigenvalue weighted by atomic mass is 9.86. The Labute approximate surface area is 208 Å². The van der Waals surface area contributed by atoms with Crippen LogP contribution in [-0.4, -0.2) is 77.4 Å². The molecule has 1 saturated heterocycles. The molecule has 2 aliphatic heterocycles. The van der Waals surface area contributed by atoms with Gasteiger partial charge in [0.2, 0.25) is 5.91 Å². The molecule has 0 radical (unpaired) electrons. The molecule has 1 aromatic heterocycles. The van der Waals surface area contributed by atoms with Gasteiger partial charge in [0, 0.05) is 42.7 Å². The number of likely N-dealkylation sites (tertiary alicyclic amines) is 1. The predicted octanol–water partition coefficient (Wildman–Crippen LogP) is 3.18. The zero-order valence-electron chi connectivity index (χ0n) is 21.2. The summed E-state index contributed by atoms with van der Waals surface area (Å²) < 4.78 is 48.6. The number of halogens is 3. The fourth-order valence-corrected chi connectivity index (χ4v) is 4.70. The van der Waals surface area contributed by atoms with Crippen LogP contribution >= 0.6 is 0 Å². The summed E-state index contributed by atoms with van der Waals surface area (Å²) in [7, 11) is 3.94. The molecule has 2 aliphatic rings. The van der Waals surface area contributed by atoms with Gasteiger partial charge in [-0.15, -0.1) is 0 Å². The van der Waals surface area contributed by atoms with Gasteiger partial charge in [-0.2, -0.15) is 9.78 Å². The number of amides is 2. The maximum Gasteiger partial charge on any atom is 0.343 e. The summed E-state index contributed by atoms with van der Waals surface area (Å²) in [6.45, 7) is 7.11. The second-order valence-electron chi connectivity index (χ2n) is 10.7. The van der Waals surface area contributed by atoms with Crippen molar-refractivity contribution in [2.24, 2.45) is 5.41 Å². The molecule has 2 aromatic rings. The van der Waals surface area contributed by atoms with E-state index in [9.17, 15) is 22.8 Å². The van der Waals surface area contributed by atoms with Crippen LogP contribution in [0.2, 0.25) is 0 Å². The Morgan fingerprint density at radius 2 is 1.86 bits per heavy atom. The monoisotopic (exact) mass is 507 g/mol. The van der Waals surface area contributed by atoms with Crippen molar-refractivity contribution in [3.05, 3.63) is 40.8 Å². The van der Waals surface area contributed by atoms with Crippen LogP contribution in [0.1, 0.15) is 38.4 Å². The lowest BCUT2D eigenvalue weighted by Crippen LogP contribution is -2.55. The van der Waals surface area contributed by atoms with Crippen LogP contribution in [0.4, 0.5) is 18.0 Å². The van der Waals surface area contributed by atoms with Crippen molar-refractivity contribution >= 4 is 11.9 Å². The molecule has 2 amide bonds. The number of ether oxygens (including phenoxy) is 1. The second-order valence-corrected chi connectivity index (χ2v) is 10.7. The number of carbonyl (C=O) groups is 2. The van der Waals surface area contributed by atoms with Crippen LogP contribution in [0.15, 0.2) is 12.1 Å². The SMILES string of the molecule is CN(C)C1CCN(C(=O)[C@@H](NC(=O)n2nc(-c3cc(F)c(F)cc3F)c3c2CCOC3)C(C)(C)C)C1. The molecule has 2 atom stereocenters. The smallest absolute Gasteiger partial charge is 0.343 e. The average Bonchev–Trinajstić information content (AvgIpc) is 3.44. The van der Waals surface area contributed by atoms with Crippen molar-refractivity contribution < 1.29 is 27.5 Å². The van der Waals surface area contributed by atoms with Gasteiger partial charge in [0.15, 0.2) is 11.6 Å². The van der Waals surface area contributed by atoms with Crippen LogP contribution < -0.4 is 5.32 Å². The van der Waals surface area contributed by atoms with E-state index in [1.165, 1.54) is 0 Å². The largest absolute Gasteiger partial charge is 0.376 e. The minimum absolute atomic E-state index is 0.00301. The number of likely N-dealkylation sites (N-methyl/N-ethyl adjacent to an activating group) is 1. The lowest BCUT2D eigenvalue weighted by molar-refractivity contribution is -0.134. The summed E-state index contributed by atoms with van der Waals surface area (Å²) in [5, 5.41) is 7.12. The van der Waals surface area contributed by atoms with Crippen LogP contribution in [-0.2, 0) is 22.6 Å². The normalized spacial score (nSPS) is 18.9. The predicted molar refractivity (Wildman–Crippen MR) is 127 cm³/mol. The Bertz CT molecular complexity index is 1170. The van der Waals surface area contributed by atoms with Gasteiger partial charge in [-0.1, -0.05) is 20.8 Å². The Morgan fingerprint density at radius 1 is 1.17 bits per heavy atom. The highest BCUT2D eigenvalue weighted by Gasteiger charge is 2.39. The molecule has 1 fully saturated rings. The molecular formula is C25H32F3N5O3. The van der Waals surface area contributed by atoms with Crippen molar-refractivity contribution in [3.63, 3.8) is 0 Å². The van der Waals surface area contributed by atoms with Crippen molar-refractivity contribution in [1.29, 1.82) is 0 Å². The van der Waals surface area contributed by atoms with E-state index >= 15 is 0 Å². The van der Waals surface area contributed by atoms with Gasteiger partial charge >= 0.3 is 6.03 Å². The molecular weight excluding hydrogens is 475 g/mol. The fourth-order valence-electron chi connectivity index (χ4n) is 4.70. The molecule has 3 heterocycles. The molecule has 0 bridgehead atoms. The zero-order valence-corrected chi connectivity index (χ0v) is 21.2. The first-order valence-electron chi connectivity index (χ1n) is 12.0. The summed E-state index contributed by atoms with van der Waals surface area (Å²) in [6.07, 6.45) is 1.16.